The summed E-state index contributed by atoms with van der Waals surface area (Å²) >= 11 is -0.905. The molecule has 21 heavy (non-hydrogen) atoms. The zero-order valence-corrected chi connectivity index (χ0v) is 14.4. The minimum absolute atomic E-state index is 0.237. The second kappa shape index (κ2) is 6.63. The van der Waals surface area contributed by atoms with Crippen LogP contribution < -0.4 is 4.89 Å². The summed E-state index contributed by atoms with van der Waals surface area (Å²) in [7, 11) is 0. The third kappa shape index (κ3) is 4.13. The third-order valence-corrected chi connectivity index (χ3v) is 9.74. The molecular weight excluding hydrogens is 370 g/mol. The molecule has 2 aliphatic heterocycles. The summed E-state index contributed by atoms with van der Waals surface area (Å²) in [5.41, 5.74) is -0.237. The van der Waals surface area contributed by atoms with Crippen LogP contribution in [0.5, 0.6) is 0 Å². The van der Waals surface area contributed by atoms with Crippen molar-refractivity contribution in [2.75, 3.05) is 19.8 Å². The van der Waals surface area contributed by atoms with Crippen LogP contribution in [0.1, 0.15) is 13.8 Å². The first kappa shape index (κ1) is 18.0. The zero-order valence-electron chi connectivity index (χ0n) is 11.8. The Kier molecular flexibility index (Phi) is 5.67. The van der Waals surface area contributed by atoms with E-state index >= 15 is 0 Å². The molecule has 2 fully saturated rings. The summed E-state index contributed by atoms with van der Waals surface area (Å²) in [4.78, 5) is 12.5. The van der Waals surface area contributed by atoms with Crippen molar-refractivity contribution in [2.45, 2.75) is 43.3 Å². The third-order valence-electron chi connectivity index (χ3n) is 3.31. The monoisotopic (exact) mass is 392 g/mol. The molecule has 0 aromatic carbocycles. The molecule has 0 amide bonds. The van der Waals surface area contributed by atoms with E-state index in [1.54, 1.807) is 0 Å². The Morgan fingerprint density at radius 3 is 2.24 bits per heavy atom. The molecule has 0 aliphatic carbocycles. The number of aliphatic hydroxyl groups is 4. The van der Waals surface area contributed by atoms with Gasteiger partial charge < -0.3 is 0 Å². The second-order valence-corrected chi connectivity index (χ2v) is 12.7. The fourth-order valence-corrected chi connectivity index (χ4v) is 8.34. The molecule has 0 aromatic rings. The standard InChI is InChI=1S/C11H21O8PSe/c1-11(2)4-17-20(16,18-5-11)21-10-9(15)8(14)7(13)6(3-12)19-10/h6-10,12-15H,3-5H2,1-2H3/t6-,7-,8+,9-,10-/m1/s1. The molecule has 124 valence electrons. The Bertz CT molecular complexity index is 358. The van der Waals surface area contributed by atoms with E-state index in [9.17, 15) is 20.2 Å². The average molecular weight is 391 g/mol. The van der Waals surface area contributed by atoms with Crippen LogP contribution in [0.4, 0.5) is 0 Å². The Morgan fingerprint density at radius 1 is 1.14 bits per heavy atom. The van der Waals surface area contributed by atoms with Gasteiger partial charge >= 0.3 is 129 Å². The molecule has 8 nitrogen and oxygen atoms in total. The fraction of sp³-hybridized carbons (Fsp3) is 1.00. The Labute approximate surface area is 129 Å². The van der Waals surface area contributed by atoms with Gasteiger partial charge in [0.15, 0.2) is 0 Å². The molecule has 0 aromatic heterocycles. The molecule has 0 unspecified atom stereocenters. The van der Waals surface area contributed by atoms with E-state index in [-0.39, 0.29) is 18.6 Å². The second-order valence-electron chi connectivity index (χ2n) is 5.96. The van der Waals surface area contributed by atoms with Crippen LogP contribution in [-0.2, 0) is 13.8 Å². The van der Waals surface area contributed by atoms with Crippen LogP contribution in [0.25, 0.3) is 0 Å². The van der Waals surface area contributed by atoms with Gasteiger partial charge in [-0.05, 0) is 0 Å². The summed E-state index contributed by atoms with van der Waals surface area (Å²) < 4.78 is 16.0. The molecule has 2 rings (SSSR count). The van der Waals surface area contributed by atoms with E-state index in [4.69, 9.17) is 18.9 Å². The first-order chi connectivity index (χ1) is 9.67. The quantitative estimate of drug-likeness (QED) is 0.309. The van der Waals surface area contributed by atoms with Gasteiger partial charge in [0.2, 0.25) is 0 Å². The number of aliphatic hydroxyl groups excluding tert-OH is 4. The maximum atomic E-state index is 12.5. The van der Waals surface area contributed by atoms with E-state index in [1.807, 2.05) is 13.8 Å². The van der Waals surface area contributed by atoms with Gasteiger partial charge in [0.05, 0.1) is 0 Å². The first-order valence-electron chi connectivity index (χ1n) is 6.55. The molecule has 2 aliphatic rings. The number of rotatable bonds is 3. The van der Waals surface area contributed by atoms with Crippen molar-refractivity contribution in [1.29, 1.82) is 0 Å². The van der Waals surface area contributed by atoms with E-state index in [1.165, 1.54) is 0 Å². The van der Waals surface area contributed by atoms with Gasteiger partial charge in [0.1, 0.15) is 0 Å². The summed E-state index contributed by atoms with van der Waals surface area (Å²) in [5.74, 6) is 0. The predicted octanol–water partition coefficient (Wildman–Crippen LogP) is -2.40. The van der Waals surface area contributed by atoms with E-state index < -0.39 is 57.2 Å². The Hall–Kier alpha value is 0.629. The van der Waals surface area contributed by atoms with Gasteiger partial charge in [-0.25, -0.2) is 0 Å². The van der Waals surface area contributed by atoms with Crippen molar-refractivity contribution in [3.8, 4) is 0 Å². The van der Waals surface area contributed by atoms with E-state index in [0.29, 0.717) is 0 Å². The molecule has 2 heterocycles. The van der Waals surface area contributed by atoms with Crippen molar-refractivity contribution < 1.29 is 39.1 Å². The van der Waals surface area contributed by atoms with Crippen molar-refractivity contribution in [1.82, 2.24) is 0 Å². The topological polar surface area (TPSA) is 132 Å². The predicted molar refractivity (Wildman–Crippen MR) is 72.1 cm³/mol. The minimum atomic E-state index is -3.38. The molecule has 0 spiro atoms. The molecule has 0 bridgehead atoms. The summed E-state index contributed by atoms with van der Waals surface area (Å²) in [6, 6.07) is 0. The Balaban J connectivity index is 2.01. The van der Waals surface area contributed by atoms with E-state index in [2.05, 4.69) is 0 Å². The molecule has 5 atom stereocenters. The van der Waals surface area contributed by atoms with Gasteiger partial charge in [-0.15, -0.1) is 0 Å². The molecule has 2 saturated heterocycles. The van der Waals surface area contributed by atoms with Gasteiger partial charge in [0.25, 0.3) is 0 Å². The van der Waals surface area contributed by atoms with Crippen LogP contribution in [0.2, 0.25) is 0 Å². The zero-order chi connectivity index (χ0) is 15.8. The number of hydrogen-bond acceptors (Lipinski definition) is 8. The van der Waals surface area contributed by atoms with Crippen molar-refractivity contribution in [3.05, 3.63) is 0 Å². The Morgan fingerprint density at radius 2 is 1.71 bits per heavy atom. The van der Waals surface area contributed by atoms with Gasteiger partial charge in [-0.3, -0.25) is 0 Å². The number of hydrogen-bond donors (Lipinski definition) is 4. The van der Waals surface area contributed by atoms with Crippen molar-refractivity contribution in [3.63, 3.8) is 0 Å². The summed E-state index contributed by atoms with van der Waals surface area (Å²) in [5, 5.41) is 37.5. The molecule has 0 radical (unpaired) electrons. The summed E-state index contributed by atoms with van der Waals surface area (Å²) in [6.07, 6.45) is -5.32. The van der Waals surface area contributed by atoms with E-state index in [0.717, 1.165) is 0 Å². The fourth-order valence-electron chi connectivity index (χ4n) is 1.93. The number of ether oxygens (including phenoxy) is 1. The maximum absolute atomic E-state index is 12.5. The molecule has 10 heteroatoms. The SMILES string of the molecule is CC1(C)CO[P+]([O-])([Se][C@H]2O[C@H](CO)[C@@H](O)[C@H](O)[C@H]2O)OC1. The molecular formula is C11H21O8PSe. The molecule has 0 saturated carbocycles. The van der Waals surface area contributed by atoms with Gasteiger partial charge in [-0.1, -0.05) is 0 Å². The van der Waals surface area contributed by atoms with Crippen LogP contribution >= 0.6 is 6.63 Å². The van der Waals surface area contributed by atoms with Crippen LogP contribution in [-0.4, -0.2) is 84.2 Å². The van der Waals surface area contributed by atoms with Gasteiger partial charge in [0, 0.05) is 0 Å². The van der Waals surface area contributed by atoms with Crippen molar-refractivity contribution >= 4 is 21.1 Å². The first-order valence-corrected chi connectivity index (χ1v) is 11.3. The normalized spacial score (nSPS) is 42.7. The van der Waals surface area contributed by atoms with Crippen LogP contribution in [0.15, 0.2) is 0 Å². The summed E-state index contributed by atoms with van der Waals surface area (Å²) in [6.45, 7) is 0.466. The average Bonchev–Trinajstić information content (AvgIpc) is 2.43. The van der Waals surface area contributed by atoms with Crippen molar-refractivity contribution in [2.24, 2.45) is 5.41 Å². The van der Waals surface area contributed by atoms with Crippen LogP contribution in [0, 0.1) is 5.41 Å². The van der Waals surface area contributed by atoms with Gasteiger partial charge in [-0.2, -0.15) is 0 Å². The van der Waals surface area contributed by atoms with Crippen LogP contribution in [0.3, 0.4) is 0 Å². The molecule has 4 N–H and O–H groups in total.